The van der Waals surface area contributed by atoms with Crippen LogP contribution in [0.15, 0.2) is 0 Å². The molecule has 0 aromatic heterocycles. The molecule has 0 heterocycles. The predicted octanol–water partition coefficient (Wildman–Crippen LogP) is 5.62. The number of carbonyl (C=O) groups is 1. The first kappa shape index (κ1) is 22.8. The minimum absolute atomic E-state index is 0.0624. The van der Waals surface area contributed by atoms with Gasteiger partial charge in [-0.1, -0.05) is 53.9 Å². The molecule has 4 rings (SSSR count). The molecule has 30 heavy (non-hydrogen) atoms. The number of aliphatic hydroxyl groups is 2. The summed E-state index contributed by atoms with van der Waals surface area (Å²) >= 11 is 0. The van der Waals surface area contributed by atoms with E-state index in [2.05, 4.69) is 34.6 Å². The number of ketones is 1. The Morgan fingerprint density at radius 1 is 1.03 bits per heavy atom. The highest BCUT2D eigenvalue weighted by atomic mass is 16.3. The molecule has 0 aromatic carbocycles. The average molecular weight is 419 g/mol. The van der Waals surface area contributed by atoms with E-state index in [1.807, 2.05) is 0 Å². The van der Waals surface area contributed by atoms with Crippen molar-refractivity contribution in [1.82, 2.24) is 0 Å². The monoisotopic (exact) mass is 418 g/mol. The summed E-state index contributed by atoms with van der Waals surface area (Å²) in [6.07, 6.45) is 9.54. The molecule has 0 bridgehead atoms. The van der Waals surface area contributed by atoms with Gasteiger partial charge in [-0.25, -0.2) is 0 Å². The van der Waals surface area contributed by atoms with Crippen LogP contribution in [0.25, 0.3) is 0 Å². The van der Waals surface area contributed by atoms with Crippen molar-refractivity contribution >= 4 is 5.78 Å². The summed E-state index contributed by atoms with van der Waals surface area (Å²) in [4.78, 5) is 12.1. The molecule has 0 aliphatic heterocycles. The number of fused-ring (bicyclic) bond motifs is 5. The molecular formula is C27H46O3. The summed E-state index contributed by atoms with van der Waals surface area (Å²) in [5.74, 6) is 3.74. The van der Waals surface area contributed by atoms with Crippen LogP contribution in [0.2, 0.25) is 0 Å². The molecule has 0 saturated heterocycles. The first-order valence-electron chi connectivity index (χ1n) is 13.0. The maximum Gasteiger partial charge on any atom is 0.133 e. The molecule has 3 nitrogen and oxygen atoms in total. The van der Waals surface area contributed by atoms with Crippen LogP contribution < -0.4 is 0 Å². The van der Waals surface area contributed by atoms with E-state index in [4.69, 9.17) is 0 Å². The Hall–Kier alpha value is -0.410. The highest BCUT2D eigenvalue weighted by Crippen LogP contribution is 2.68. The Kier molecular flexibility index (Phi) is 6.21. The Bertz CT molecular complexity index is 644. The van der Waals surface area contributed by atoms with Crippen LogP contribution >= 0.6 is 0 Å². The SMILES string of the molecule is CC(C)CCCC(C)C1CC[C@@H]2C3[C@H](O)CC4CC(=O)CC[C@]4(C)[C@H]3CC(O)[C@]12C. The number of rotatable bonds is 5. The third kappa shape index (κ3) is 3.51. The van der Waals surface area contributed by atoms with Gasteiger partial charge < -0.3 is 10.2 Å². The highest BCUT2D eigenvalue weighted by molar-refractivity contribution is 5.79. The molecule has 0 spiro atoms. The lowest BCUT2D eigenvalue weighted by Crippen LogP contribution is -2.62. The molecule has 0 amide bonds. The van der Waals surface area contributed by atoms with Crippen molar-refractivity contribution < 1.29 is 15.0 Å². The fourth-order valence-electron chi connectivity index (χ4n) is 8.99. The van der Waals surface area contributed by atoms with E-state index in [1.165, 1.54) is 25.7 Å². The lowest BCUT2D eigenvalue weighted by atomic mass is 9.43. The van der Waals surface area contributed by atoms with Crippen molar-refractivity contribution in [3.63, 3.8) is 0 Å². The number of hydrogen-bond acceptors (Lipinski definition) is 3. The molecule has 4 aliphatic carbocycles. The van der Waals surface area contributed by atoms with Gasteiger partial charge in [0.15, 0.2) is 0 Å². The summed E-state index contributed by atoms with van der Waals surface area (Å²) in [6, 6.07) is 0. The van der Waals surface area contributed by atoms with E-state index in [9.17, 15) is 15.0 Å². The minimum Gasteiger partial charge on any atom is -0.393 e. The minimum atomic E-state index is -0.300. The highest BCUT2D eigenvalue weighted by Gasteiger charge is 2.65. The van der Waals surface area contributed by atoms with Gasteiger partial charge >= 0.3 is 0 Å². The quantitative estimate of drug-likeness (QED) is 0.609. The maximum absolute atomic E-state index is 12.1. The van der Waals surface area contributed by atoms with Crippen LogP contribution in [0.3, 0.4) is 0 Å². The van der Waals surface area contributed by atoms with Crippen molar-refractivity contribution in [2.75, 3.05) is 0 Å². The molecule has 2 N–H and O–H groups in total. The van der Waals surface area contributed by atoms with Crippen molar-refractivity contribution in [3.05, 3.63) is 0 Å². The second-order valence-corrected chi connectivity index (χ2v) is 12.6. The summed E-state index contributed by atoms with van der Waals surface area (Å²) in [5.41, 5.74) is 0.0498. The molecule has 10 atom stereocenters. The molecule has 4 aliphatic rings. The standard InChI is InChI=1S/C27H46O3/c1-16(2)7-6-8-17(3)20-9-10-21-25-22(15-24(30)27(20,21)5)26(4)12-11-19(28)13-18(26)14-23(25)29/h16-18,20-25,29-30H,6-15H2,1-5H3/t17?,18?,20?,21-,22+,23-,24?,25?,26+,27-/m1/s1. The second-order valence-electron chi connectivity index (χ2n) is 12.6. The number of carbonyl (C=O) groups excluding carboxylic acids is 1. The zero-order valence-electron chi connectivity index (χ0n) is 20.1. The van der Waals surface area contributed by atoms with Crippen LogP contribution in [0.5, 0.6) is 0 Å². The number of aliphatic hydroxyl groups excluding tert-OH is 2. The smallest absolute Gasteiger partial charge is 0.133 e. The van der Waals surface area contributed by atoms with E-state index >= 15 is 0 Å². The summed E-state index contributed by atoms with van der Waals surface area (Å²) in [7, 11) is 0. The topological polar surface area (TPSA) is 57.5 Å². The van der Waals surface area contributed by atoms with Gasteiger partial charge in [0.2, 0.25) is 0 Å². The predicted molar refractivity (Wildman–Crippen MR) is 121 cm³/mol. The third-order valence-corrected chi connectivity index (χ3v) is 10.8. The van der Waals surface area contributed by atoms with Crippen molar-refractivity contribution in [2.24, 2.45) is 52.3 Å². The van der Waals surface area contributed by atoms with E-state index < -0.39 is 0 Å². The summed E-state index contributed by atoms with van der Waals surface area (Å²) in [6.45, 7) is 11.8. The van der Waals surface area contributed by atoms with Crippen LogP contribution in [0, 0.1) is 52.3 Å². The Morgan fingerprint density at radius 2 is 1.77 bits per heavy atom. The zero-order chi connectivity index (χ0) is 21.8. The van der Waals surface area contributed by atoms with Gasteiger partial charge in [0.05, 0.1) is 12.2 Å². The number of hydrogen-bond donors (Lipinski definition) is 2. The van der Waals surface area contributed by atoms with E-state index in [1.54, 1.807) is 0 Å². The lowest BCUT2D eigenvalue weighted by Gasteiger charge is -2.63. The van der Waals surface area contributed by atoms with Gasteiger partial charge in [-0.3, -0.25) is 4.79 Å². The largest absolute Gasteiger partial charge is 0.393 e. The normalized spacial score (nSPS) is 49.5. The van der Waals surface area contributed by atoms with E-state index in [0.717, 1.165) is 31.6 Å². The van der Waals surface area contributed by atoms with Gasteiger partial charge in [-0.15, -0.1) is 0 Å². The first-order valence-corrected chi connectivity index (χ1v) is 13.0. The van der Waals surface area contributed by atoms with Gasteiger partial charge in [-0.2, -0.15) is 0 Å². The van der Waals surface area contributed by atoms with Crippen molar-refractivity contribution in [2.45, 2.75) is 111 Å². The fraction of sp³-hybridized carbons (Fsp3) is 0.963. The van der Waals surface area contributed by atoms with Crippen molar-refractivity contribution in [1.29, 1.82) is 0 Å². The van der Waals surface area contributed by atoms with Gasteiger partial charge in [-0.05, 0) is 84.4 Å². The van der Waals surface area contributed by atoms with Gasteiger partial charge in [0, 0.05) is 12.8 Å². The Labute approximate surface area is 184 Å². The first-order chi connectivity index (χ1) is 14.1. The lowest BCUT2D eigenvalue weighted by molar-refractivity contribution is -0.201. The van der Waals surface area contributed by atoms with Gasteiger partial charge in [0.25, 0.3) is 0 Å². The van der Waals surface area contributed by atoms with Crippen molar-refractivity contribution in [3.8, 4) is 0 Å². The van der Waals surface area contributed by atoms with Gasteiger partial charge in [0.1, 0.15) is 5.78 Å². The average Bonchev–Trinajstić information content (AvgIpc) is 3.02. The molecular weight excluding hydrogens is 372 g/mol. The molecule has 172 valence electrons. The van der Waals surface area contributed by atoms with E-state index in [0.29, 0.717) is 54.1 Å². The third-order valence-electron chi connectivity index (χ3n) is 10.8. The zero-order valence-corrected chi connectivity index (χ0v) is 20.1. The van der Waals surface area contributed by atoms with Crippen LogP contribution in [-0.4, -0.2) is 28.2 Å². The Morgan fingerprint density at radius 3 is 2.47 bits per heavy atom. The molecule has 3 heteroatoms. The van der Waals surface area contributed by atoms with Crippen LogP contribution in [0.1, 0.15) is 98.8 Å². The Balaban J connectivity index is 1.56. The van der Waals surface area contributed by atoms with Crippen LogP contribution in [-0.2, 0) is 4.79 Å². The molecule has 0 aromatic rings. The summed E-state index contributed by atoms with van der Waals surface area (Å²) < 4.78 is 0. The number of Topliss-reactive ketones (excluding diaryl/α,β-unsaturated/α-hetero) is 1. The fourth-order valence-corrected chi connectivity index (χ4v) is 8.99. The molecule has 5 unspecified atom stereocenters. The molecule has 4 fully saturated rings. The molecule has 0 radical (unpaired) electrons. The van der Waals surface area contributed by atoms with E-state index in [-0.39, 0.29) is 23.0 Å². The maximum atomic E-state index is 12.1. The second kappa shape index (κ2) is 8.18. The molecule has 4 saturated carbocycles. The van der Waals surface area contributed by atoms with Crippen LogP contribution in [0.4, 0.5) is 0 Å². The summed E-state index contributed by atoms with van der Waals surface area (Å²) in [5, 5.41) is 22.9.